The van der Waals surface area contributed by atoms with Gasteiger partial charge in [-0.05, 0) is 136 Å². The van der Waals surface area contributed by atoms with Crippen molar-refractivity contribution in [2.45, 2.75) is 6.92 Å². The first-order chi connectivity index (χ1) is 36.1. The number of anilines is 9. The normalized spacial score (nSPS) is 12.1. The van der Waals surface area contributed by atoms with Crippen LogP contribution in [0.15, 0.2) is 267 Å². The van der Waals surface area contributed by atoms with Crippen LogP contribution in [0.2, 0.25) is 0 Å². The van der Waals surface area contributed by atoms with Crippen LogP contribution in [0, 0.1) is 18.3 Å². The highest BCUT2D eigenvalue weighted by atomic mass is 15.2. The average molecular weight is 931 g/mol. The predicted molar refractivity (Wildman–Crippen MR) is 306 cm³/mol. The van der Waals surface area contributed by atoms with Gasteiger partial charge in [-0.25, -0.2) is 0 Å². The van der Waals surface area contributed by atoms with Gasteiger partial charge >= 0.3 is 0 Å². The van der Waals surface area contributed by atoms with Gasteiger partial charge in [0.25, 0.3) is 6.71 Å². The SMILES string of the molecule is Cc1cc2c3c(c1)N(c1c(-c4ccccc4)cc(C#N)cc1-c1ccccc1)c1ccc(N(c4ccccc4)c4ccccc4)cc1B3c1ccccc1N2c1cc(-c2ccccc2)ccc1-c1ccccc1. The smallest absolute Gasteiger partial charge is 0.252 e. The minimum atomic E-state index is -0.158. The van der Waals surface area contributed by atoms with E-state index in [1.165, 1.54) is 16.4 Å². The molecule has 13 rings (SSSR count). The molecule has 0 unspecified atom stereocenters. The summed E-state index contributed by atoms with van der Waals surface area (Å²) in [5.74, 6) is 0. The molecule has 2 aliphatic heterocycles. The fraction of sp³-hybridized carbons (Fsp3) is 0.0147. The van der Waals surface area contributed by atoms with Crippen molar-refractivity contribution in [2.24, 2.45) is 0 Å². The molecule has 11 aromatic carbocycles. The molecule has 0 bridgehead atoms. The molecule has 0 saturated carbocycles. The third-order valence-corrected chi connectivity index (χ3v) is 14.5. The molecule has 0 spiro atoms. The number of nitriles is 1. The van der Waals surface area contributed by atoms with Crippen LogP contribution in [0.3, 0.4) is 0 Å². The molecule has 4 nitrogen and oxygen atoms in total. The van der Waals surface area contributed by atoms with Crippen molar-refractivity contribution in [1.29, 1.82) is 5.26 Å². The molecule has 0 atom stereocenters. The molecule has 342 valence electrons. The van der Waals surface area contributed by atoms with Crippen molar-refractivity contribution in [3.63, 3.8) is 0 Å². The zero-order chi connectivity index (χ0) is 48.8. The number of hydrogen-bond donors (Lipinski definition) is 0. The minimum Gasteiger partial charge on any atom is -0.311 e. The van der Waals surface area contributed by atoms with Gasteiger partial charge in [0, 0.05) is 56.5 Å². The first-order valence-corrected chi connectivity index (χ1v) is 24.9. The summed E-state index contributed by atoms with van der Waals surface area (Å²) >= 11 is 0. The van der Waals surface area contributed by atoms with E-state index in [4.69, 9.17) is 0 Å². The van der Waals surface area contributed by atoms with Crippen LogP contribution in [-0.2, 0) is 0 Å². The van der Waals surface area contributed by atoms with Crippen LogP contribution in [0.4, 0.5) is 51.2 Å². The molecule has 0 N–H and O–H groups in total. The van der Waals surface area contributed by atoms with Crippen molar-refractivity contribution in [3.8, 4) is 50.6 Å². The zero-order valence-corrected chi connectivity index (χ0v) is 40.3. The van der Waals surface area contributed by atoms with E-state index in [2.05, 4.69) is 295 Å². The second kappa shape index (κ2) is 18.3. The van der Waals surface area contributed by atoms with Gasteiger partial charge in [-0.15, -0.1) is 0 Å². The van der Waals surface area contributed by atoms with Gasteiger partial charge in [0.1, 0.15) is 0 Å². The van der Waals surface area contributed by atoms with Crippen LogP contribution in [0.5, 0.6) is 0 Å². The summed E-state index contributed by atoms with van der Waals surface area (Å²) in [6, 6.07) is 98.5. The van der Waals surface area contributed by atoms with Gasteiger partial charge in [-0.2, -0.15) is 5.26 Å². The van der Waals surface area contributed by atoms with E-state index >= 15 is 0 Å². The lowest BCUT2D eigenvalue weighted by Gasteiger charge is -2.45. The quantitative estimate of drug-likeness (QED) is 0.135. The Morgan fingerprint density at radius 2 is 0.836 bits per heavy atom. The highest BCUT2D eigenvalue weighted by Crippen LogP contribution is 2.52. The summed E-state index contributed by atoms with van der Waals surface area (Å²) < 4.78 is 0. The number of fused-ring (bicyclic) bond motifs is 4. The third kappa shape index (κ3) is 7.56. The van der Waals surface area contributed by atoms with Gasteiger partial charge in [0.2, 0.25) is 0 Å². The minimum absolute atomic E-state index is 0.158. The third-order valence-electron chi connectivity index (χ3n) is 14.5. The molecule has 0 saturated heterocycles. The molecule has 0 radical (unpaired) electrons. The molecule has 0 aliphatic carbocycles. The molecule has 11 aromatic rings. The summed E-state index contributed by atoms with van der Waals surface area (Å²) in [7, 11) is 0. The lowest BCUT2D eigenvalue weighted by molar-refractivity contribution is 1.23. The largest absolute Gasteiger partial charge is 0.311 e. The summed E-state index contributed by atoms with van der Waals surface area (Å²) in [6.45, 7) is 2.07. The van der Waals surface area contributed by atoms with Crippen LogP contribution in [-0.4, -0.2) is 6.71 Å². The molecule has 0 aromatic heterocycles. The first kappa shape index (κ1) is 43.4. The number of aryl methyl sites for hydroxylation is 1. The van der Waals surface area contributed by atoms with E-state index in [0.29, 0.717) is 5.56 Å². The Labute approximate surface area is 427 Å². The lowest BCUT2D eigenvalue weighted by atomic mass is 9.33. The van der Waals surface area contributed by atoms with Crippen LogP contribution < -0.4 is 31.1 Å². The molecular weight excluding hydrogens is 884 g/mol. The van der Waals surface area contributed by atoms with E-state index in [1.807, 2.05) is 0 Å². The molecular formula is C68H47BN4. The van der Waals surface area contributed by atoms with Crippen LogP contribution >= 0.6 is 0 Å². The monoisotopic (exact) mass is 930 g/mol. The molecule has 2 aliphatic rings. The average Bonchev–Trinajstić information content (AvgIpc) is 3.46. The number of benzene rings is 11. The number of nitrogens with zero attached hydrogens (tertiary/aromatic N) is 4. The van der Waals surface area contributed by atoms with E-state index in [-0.39, 0.29) is 6.71 Å². The standard InChI is InChI=1S/C68H47BN4/c1-47-40-65-67-66(41-47)73(68-58(51-26-12-4-13-27-51)42-48(46-70)43-59(68)52-28-14-5-15-29-52)63-39-37-56(71(54-30-16-6-17-31-54)55-32-18-7-19-33-55)45-61(63)69(67)60-34-20-21-35-62(60)72(65)64-44-53(49-22-8-2-9-23-49)36-38-57(64)50-24-10-3-11-25-50/h2-45H,1H3. The van der Waals surface area contributed by atoms with Crippen molar-refractivity contribution in [1.82, 2.24) is 0 Å². The van der Waals surface area contributed by atoms with Crippen molar-refractivity contribution < 1.29 is 0 Å². The Bertz CT molecular complexity index is 3780. The van der Waals surface area contributed by atoms with Crippen molar-refractivity contribution >= 4 is 74.3 Å². The molecule has 0 fully saturated rings. The van der Waals surface area contributed by atoms with Gasteiger partial charge in [0.15, 0.2) is 0 Å². The second-order valence-electron chi connectivity index (χ2n) is 18.9. The molecule has 5 heteroatoms. The van der Waals surface area contributed by atoms with Crippen LogP contribution in [0.1, 0.15) is 11.1 Å². The van der Waals surface area contributed by atoms with E-state index in [9.17, 15) is 5.26 Å². The number of para-hydroxylation sites is 3. The fourth-order valence-electron chi connectivity index (χ4n) is 11.3. The topological polar surface area (TPSA) is 33.5 Å². The van der Waals surface area contributed by atoms with Crippen molar-refractivity contribution in [2.75, 3.05) is 14.7 Å². The fourth-order valence-corrected chi connectivity index (χ4v) is 11.3. The second-order valence-corrected chi connectivity index (χ2v) is 18.9. The molecule has 0 amide bonds. The Morgan fingerprint density at radius 1 is 0.356 bits per heavy atom. The maximum Gasteiger partial charge on any atom is 0.252 e. The van der Waals surface area contributed by atoms with Gasteiger partial charge in [0.05, 0.1) is 23.0 Å². The number of rotatable bonds is 9. The Kier molecular flexibility index (Phi) is 10.9. The Hall–Kier alpha value is -9.63. The summed E-state index contributed by atoms with van der Waals surface area (Å²) in [5, 5.41) is 10.8. The van der Waals surface area contributed by atoms with Crippen molar-refractivity contribution in [3.05, 3.63) is 278 Å². The van der Waals surface area contributed by atoms with Gasteiger partial charge in [-0.3, -0.25) is 0 Å². The van der Waals surface area contributed by atoms with E-state index in [0.717, 1.165) is 101 Å². The first-order valence-electron chi connectivity index (χ1n) is 24.9. The highest BCUT2D eigenvalue weighted by Gasteiger charge is 2.45. The molecule has 73 heavy (non-hydrogen) atoms. The maximum absolute atomic E-state index is 10.8. The Morgan fingerprint density at radius 3 is 1.40 bits per heavy atom. The van der Waals surface area contributed by atoms with Crippen LogP contribution in [0.25, 0.3) is 44.5 Å². The van der Waals surface area contributed by atoms with Gasteiger partial charge in [-0.1, -0.05) is 188 Å². The van der Waals surface area contributed by atoms with Gasteiger partial charge < -0.3 is 14.7 Å². The Balaban J connectivity index is 1.16. The van der Waals surface area contributed by atoms with E-state index in [1.54, 1.807) is 0 Å². The summed E-state index contributed by atoms with van der Waals surface area (Å²) in [6.07, 6.45) is 0. The maximum atomic E-state index is 10.8. The number of hydrogen-bond acceptors (Lipinski definition) is 4. The summed E-state index contributed by atoms with van der Waals surface area (Å²) in [4.78, 5) is 7.42. The summed E-state index contributed by atoms with van der Waals surface area (Å²) in [5.41, 5.74) is 23.7. The lowest BCUT2D eigenvalue weighted by Crippen LogP contribution is -2.61. The zero-order valence-electron chi connectivity index (χ0n) is 40.3. The highest BCUT2D eigenvalue weighted by molar-refractivity contribution is 7.00. The van der Waals surface area contributed by atoms with E-state index < -0.39 is 0 Å². The molecule has 2 heterocycles. The predicted octanol–water partition coefficient (Wildman–Crippen LogP) is 16.1.